The molecule has 0 aliphatic heterocycles. The smallest absolute Gasteiger partial charge is 0.127 e. The van der Waals surface area contributed by atoms with E-state index < -0.39 is 0 Å². The van der Waals surface area contributed by atoms with Gasteiger partial charge in [-0.3, -0.25) is 0 Å². The first-order valence-electron chi connectivity index (χ1n) is 7.05. The highest BCUT2D eigenvalue weighted by Crippen LogP contribution is 2.22. The van der Waals surface area contributed by atoms with Crippen molar-refractivity contribution in [2.24, 2.45) is 5.92 Å². The summed E-state index contributed by atoms with van der Waals surface area (Å²) in [5.41, 5.74) is 1.55. The predicted octanol–water partition coefficient (Wildman–Crippen LogP) is 3.87. The molecule has 1 atom stereocenters. The average molecular weight is 263 g/mol. The van der Waals surface area contributed by atoms with Crippen LogP contribution in [0.5, 0.6) is 0 Å². The molecule has 3 rings (SSSR count). The van der Waals surface area contributed by atoms with Gasteiger partial charge in [-0.1, -0.05) is 30.4 Å². The summed E-state index contributed by atoms with van der Waals surface area (Å²) in [5, 5.41) is 13.6. The number of hydrogen-bond donors (Lipinski definition) is 1. The number of fused-ring (bicyclic) bond motifs is 1. The molecular weight excluding hydrogens is 246 g/mol. The van der Waals surface area contributed by atoms with Crippen LogP contribution in [0.4, 0.5) is 5.82 Å². The number of nitrogens with one attached hydrogen (secondary N) is 1. The Balaban J connectivity index is 1.81. The van der Waals surface area contributed by atoms with Crippen LogP contribution < -0.4 is 5.32 Å². The van der Waals surface area contributed by atoms with Crippen LogP contribution in [0.1, 0.15) is 24.8 Å². The van der Waals surface area contributed by atoms with Crippen molar-refractivity contribution < 1.29 is 0 Å². The molecule has 3 nitrogen and oxygen atoms in total. The molecule has 1 unspecified atom stereocenters. The second-order valence-corrected chi connectivity index (χ2v) is 5.22. The van der Waals surface area contributed by atoms with Crippen LogP contribution in [0.15, 0.2) is 42.5 Å². The fourth-order valence-corrected chi connectivity index (χ4v) is 2.65. The Hall–Kier alpha value is -2.34. The van der Waals surface area contributed by atoms with Gasteiger partial charge >= 0.3 is 0 Å². The van der Waals surface area contributed by atoms with Crippen LogP contribution in [0.2, 0.25) is 0 Å². The Bertz CT molecular complexity index is 682. The van der Waals surface area contributed by atoms with Crippen molar-refractivity contribution in [3.8, 4) is 6.07 Å². The van der Waals surface area contributed by atoms with E-state index in [4.69, 9.17) is 0 Å². The number of allylic oxidation sites excluding steroid dienone is 2. The fraction of sp³-hybridized carbons (Fsp3) is 0.294. The van der Waals surface area contributed by atoms with Crippen molar-refractivity contribution in [2.45, 2.75) is 19.3 Å². The van der Waals surface area contributed by atoms with Crippen LogP contribution in [-0.2, 0) is 0 Å². The van der Waals surface area contributed by atoms with Crippen molar-refractivity contribution in [3.05, 3.63) is 48.0 Å². The first kappa shape index (κ1) is 12.7. The molecule has 0 amide bonds. The van der Waals surface area contributed by atoms with Gasteiger partial charge in [0.15, 0.2) is 0 Å². The second-order valence-electron chi connectivity index (χ2n) is 5.22. The first-order valence-corrected chi connectivity index (χ1v) is 7.05. The Morgan fingerprint density at radius 2 is 2.20 bits per heavy atom. The molecule has 0 saturated heterocycles. The topological polar surface area (TPSA) is 48.7 Å². The number of rotatable bonds is 3. The highest BCUT2D eigenvalue weighted by molar-refractivity contribution is 5.86. The van der Waals surface area contributed by atoms with E-state index in [0.29, 0.717) is 11.5 Å². The number of hydrogen-bond acceptors (Lipinski definition) is 3. The third-order valence-corrected chi connectivity index (χ3v) is 3.79. The van der Waals surface area contributed by atoms with Crippen molar-refractivity contribution >= 4 is 16.7 Å². The van der Waals surface area contributed by atoms with E-state index in [1.165, 1.54) is 12.8 Å². The molecule has 1 aliphatic carbocycles. The van der Waals surface area contributed by atoms with Gasteiger partial charge < -0.3 is 5.32 Å². The number of para-hydroxylation sites is 1. The maximum absolute atomic E-state index is 9.26. The average Bonchev–Trinajstić information content (AvgIpc) is 2.53. The lowest BCUT2D eigenvalue weighted by molar-refractivity contribution is 0.503. The van der Waals surface area contributed by atoms with Gasteiger partial charge in [-0.2, -0.15) is 5.26 Å². The number of aromatic nitrogens is 1. The van der Waals surface area contributed by atoms with Crippen molar-refractivity contribution in [1.82, 2.24) is 4.98 Å². The van der Waals surface area contributed by atoms with Crippen molar-refractivity contribution in [3.63, 3.8) is 0 Å². The number of nitriles is 1. The molecule has 0 radical (unpaired) electrons. The van der Waals surface area contributed by atoms with Crippen LogP contribution in [0.3, 0.4) is 0 Å². The van der Waals surface area contributed by atoms with Gasteiger partial charge in [-0.05, 0) is 37.3 Å². The Morgan fingerprint density at radius 1 is 1.30 bits per heavy atom. The Morgan fingerprint density at radius 3 is 3.00 bits per heavy atom. The van der Waals surface area contributed by atoms with Crippen molar-refractivity contribution in [2.75, 3.05) is 11.9 Å². The molecule has 0 saturated carbocycles. The van der Waals surface area contributed by atoms with E-state index in [0.717, 1.165) is 29.7 Å². The summed E-state index contributed by atoms with van der Waals surface area (Å²) in [6.07, 6.45) is 8.03. The molecule has 2 aromatic rings. The van der Waals surface area contributed by atoms with Gasteiger partial charge in [-0.25, -0.2) is 4.98 Å². The van der Waals surface area contributed by atoms with Crippen LogP contribution in [0, 0.1) is 17.2 Å². The summed E-state index contributed by atoms with van der Waals surface area (Å²) >= 11 is 0. The number of anilines is 1. The number of benzene rings is 1. The van der Waals surface area contributed by atoms with E-state index in [-0.39, 0.29) is 0 Å². The molecule has 1 aromatic carbocycles. The molecule has 0 bridgehead atoms. The van der Waals surface area contributed by atoms with Crippen molar-refractivity contribution in [1.29, 1.82) is 5.26 Å². The minimum atomic E-state index is 0.666. The highest BCUT2D eigenvalue weighted by atomic mass is 15.0. The second kappa shape index (κ2) is 5.75. The number of pyridine rings is 1. The zero-order valence-corrected chi connectivity index (χ0v) is 11.3. The van der Waals surface area contributed by atoms with Gasteiger partial charge in [0.2, 0.25) is 0 Å². The summed E-state index contributed by atoms with van der Waals surface area (Å²) in [6, 6.07) is 11.9. The molecule has 0 fully saturated rings. The Kier molecular flexibility index (Phi) is 3.64. The fourth-order valence-electron chi connectivity index (χ4n) is 2.65. The summed E-state index contributed by atoms with van der Waals surface area (Å²) in [6.45, 7) is 0.917. The molecule has 1 N–H and O–H groups in total. The molecule has 0 spiro atoms. The lowest BCUT2D eigenvalue weighted by Crippen LogP contribution is -2.16. The zero-order chi connectivity index (χ0) is 13.8. The van der Waals surface area contributed by atoms with E-state index in [2.05, 4.69) is 28.5 Å². The lowest BCUT2D eigenvalue weighted by atomic mass is 9.94. The van der Waals surface area contributed by atoms with Crippen LogP contribution in [-0.4, -0.2) is 11.5 Å². The minimum absolute atomic E-state index is 0.666. The van der Waals surface area contributed by atoms with E-state index in [1.54, 1.807) is 0 Å². The molecule has 20 heavy (non-hydrogen) atoms. The summed E-state index contributed by atoms with van der Waals surface area (Å²) in [7, 11) is 0. The van der Waals surface area contributed by atoms with Gasteiger partial charge in [0.05, 0.1) is 17.1 Å². The normalized spacial score (nSPS) is 17.9. The minimum Gasteiger partial charge on any atom is -0.370 e. The molecule has 3 heteroatoms. The summed E-state index contributed by atoms with van der Waals surface area (Å²) < 4.78 is 0. The number of nitrogens with zero attached hydrogens (tertiary/aromatic N) is 2. The molecule has 100 valence electrons. The lowest BCUT2D eigenvalue weighted by Gasteiger charge is -2.18. The highest BCUT2D eigenvalue weighted by Gasteiger charge is 2.10. The van der Waals surface area contributed by atoms with Gasteiger partial charge in [-0.15, -0.1) is 0 Å². The van der Waals surface area contributed by atoms with E-state index in [1.807, 2.05) is 30.3 Å². The summed E-state index contributed by atoms with van der Waals surface area (Å²) in [4.78, 5) is 4.59. The van der Waals surface area contributed by atoms with E-state index in [9.17, 15) is 5.26 Å². The predicted molar refractivity (Wildman–Crippen MR) is 81.4 cm³/mol. The first-order chi connectivity index (χ1) is 9.86. The van der Waals surface area contributed by atoms with E-state index >= 15 is 0 Å². The standard InChI is InChI=1S/C17H17N3/c18-11-14-10-17(19-12-13-6-2-1-3-7-13)20-16-9-5-4-8-15(14)16/h1-2,4-5,8-10,13H,3,6-7,12H2,(H,19,20). The zero-order valence-electron chi connectivity index (χ0n) is 11.3. The van der Waals surface area contributed by atoms with Crippen LogP contribution in [0.25, 0.3) is 10.9 Å². The largest absolute Gasteiger partial charge is 0.370 e. The van der Waals surface area contributed by atoms with Gasteiger partial charge in [0.25, 0.3) is 0 Å². The third kappa shape index (κ3) is 2.65. The van der Waals surface area contributed by atoms with Gasteiger partial charge in [0, 0.05) is 11.9 Å². The monoisotopic (exact) mass is 263 g/mol. The molecule has 1 heterocycles. The third-order valence-electron chi connectivity index (χ3n) is 3.79. The quantitative estimate of drug-likeness (QED) is 0.855. The molecule has 1 aliphatic rings. The molecule has 1 aromatic heterocycles. The SMILES string of the molecule is N#Cc1cc(NCC2CC=CCC2)nc2ccccc12. The van der Waals surface area contributed by atoms with Crippen LogP contribution >= 0.6 is 0 Å². The Labute approximate surface area is 118 Å². The summed E-state index contributed by atoms with van der Waals surface area (Å²) in [5.74, 6) is 1.47. The maximum atomic E-state index is 9.26. The van der Waals surface area contributed by atoms with Gasteiger partial charge in [0.1, 0.15) is 5.82 Å². The maximum Gasteiger partial charge on any atom is 0.127 e. The molecular formula is C17H17N3.